The molecule has 1 aromatic carbocycles. The van der Waals surface area contributed by atoms with Crippen LogP contribution in [0, 0.1) is 17.5 Å². The predicted molar refractivity (Wildman–Crippen MR) is 89.7 cm³/mol. The van der Waals surface area contributed by atoms with Crippen molar-refractivity contribution in [1.29, 1.82) is 0 Å². The molecule has 0 N–H and O–H groups in total. The summed E-state index contributed by atoms with van der Waals surface area (Å²) in [6.07, 6.45) is -1.37. The fourth-order valence-electron chi connectivity index (χ4n) is 2.55. The molecule has 0 atom stereocenters. The van der Waals surface area contributed by atoms with Crippen molar-refractivity contribution in [1.82, 2.24) is 15.0 Å². The molecular formula is C17H9ClF6N4. The highest BCUT2D eigenvalue weighted by molar-refractivity contribution is 6.32. The third-order valence-corrected chi connectivity index (χ3v) is 3.89. The van der Waals surface area contributed by atoms with Gasteiger partial charge >= 0.3 is 6.18 Å². The van der Waals surface area contributed by atoms with E-state index in [1.54, 1.807) is 0 Å². The fraction of sp³-hybridized carbons (Fsp3) is 0.118. The van der Waals surface area contributed by atoms with Crippen LogP contribution in [-0.2, 0) is 0 Å². The number of rotatable bonds is 4. The normalized spacial score (nSPS) is 11.5. The van der Waals surface area contributed by atoms with E-state index in [1.165, 1.54) is 24.5 Å². The second kappa shape index (κ2) is 7.63. The molecule has 3 aromatic rings. The van der Waals surface area contributed by atoms with Crippen molar-refractivity contribution in [2.45, 2.75) is 6.18 Å². The molecular weight excluding hydrogens is 410 g/mol. The number of halogens is 7. The van der Waals surface area contributed by atoms with Crippen molar-refractivity contribution >= 4 is 23.1 Å². The molecule has 0 aliphatic rings. The van der Waals surface area contributed by atoms with Crippen LogP contribution in [0.1, 0.15) is 0 Å². The minimum Gasteiger partial charge on any atom is -0.316 e. The van der Waals surface area contributed by atoms with Gasteiger partial charge in [-0.2, -0.15) is 13.2 Å². The highest BCUT2D eigenvalue weighted by Gasteiger charge is 2.34. The van der Waals surface area contributed by atoms with Crippen LogP contribution in [0.3, 0.4) is 0 Å². The molecule has 0 saturated carbocycles. The van der Waals surface area contributed by atoms with Gasteiger partial charge < -0.3 is 4.90 Å². The Morgan fingerprint density at radius 3 is 2.11 bits per heavy atom. The highest BCUT2D eigenvalue weighted by Crippen LogP contribution is 2.40. The first kappa shape index (κ1) is 19.9. The molecule has 0 bridgehead atoms. The van der Waals surface area contributed by atoms with Crippen molar-refractivity contribution in [3.63, 3.8) is 0 Å². The van der Waals surface area contributed by atoms with Gasteiger partial charge in [0, 0.05) is 30.2 Å². The minimum atomic E-state index is -4.70. The molecule has 0 spiro atoms. The van der Waals surface area contributed by atoms with Gasteiger partial charge in [0.2, 0.25) is 0 Å². The smallest absolute Gasteiger partial charge is 0.316 e. The number of benzene rings is 1. The molecule has 3 rings (SSSR count). The van der Waals surface area contributed by atoms with Gasteiger partial charge in [-0.25, -0.2) is 23.1 Å². The van der Waals surface area contributed by atoms with Gasteiger partial charge in [-0.15, -0.1) is 0 Å². The van der Waals surface area contributed by atoms with E-state index in [4.69, 9.17) is 11.6 Å². The second-order valence-electron chi connectivity index (χ2n) is 5.51. The van der Waals surface area contributed by atoms with Crippen LogP contribution in [0.5, 0.6) is 0 Å². The Morgan fingerprint density at radius 2 is 1.54 bits per heavy atom. The first-order chi connectivity index (χ1) is 13.2. The highest BCUT2D eigenvalue weighted by atomic mass is 35.5. The molecule has 0 aliphatic heterocycles. The number of hydrogen-bond acceptors (Lipinski definition) is 4. The molecule has 146 valence electrons. The SMILES string of the molecule is Fc1cc(F)c(-c2c(Cl)ncnc2N(CC(F)(F)F)c2ccncc2)c(F)c1. The Labute approximate surface area is 159 Å². The minimum absolute atomic E-state index is 0.00808. The summed E-state index contributed by atoms with van der Waals surface area (Å²) in [6.45, 7) is -1.54. The van der Waals surface area contributed by atoms with Gasteiger partial charge in [0.1, 0.15) is 41.3 Å². The lowest BCUT2D eigenvalue weighted by atomic mass is 10.1. The van der Waals surface area contributed by atoms with Crippen LogP contribution < -0.4 is 4.90 Å². The predicted octanol–water partition coefficient (Wildman–Crippen LogP) is 5.31. The van der Waals surface area contributed by atoms with E-state index >= 15 is 0 Å². The molecule has 4 nitrogen and oxygen atoms in total. The summed E-state index contributed by atoms with van der Waals surface area (Å²) in [6, 6.07) is 3.27. The lowest BCUT2D eigenvalue weighted by molar-refractivity contribution is -0.118. The zero-order valence-corrected chi connectivity index (χ0v) is 14.4. The van der Waals surface area contributed by atoms with Crippen molar-refractivity contribution in [3.05, 3.63) is 65.6 Å². The molecule has 2 aromatic heterocycles. The molecule has 0 aliphatic carbocycles. The summed E-state index contributed by atoms with van der Waals surface area (Å²) >= 11 is 5.95. The quantitative estimate of drug-likeness (QED) is 0.425. The van der Waals surface area contributed by atoms with Gasteiger partial charge in [0.25, 0.3) is 0 Å². The van der Waals surface area contributed by atoms with Crippen LogP contribution >= 0.6 is 11.6 Å². The Bertz CT molecular complexity index is 974. The van der Waals surface area contributed by atoms with E-state index in [0.29, 0.717) is 17.0 Å². The van der Waals surface area contributed by atoms with Crippen LogP contribution in [-0.4, -0.2) is 27.7 Å². The van der Waals surface area contributed by atoms with Crippen LogP contribution in [0.2, 0.25) is 5.15 Å². The molecule has 0 fully saturated rings. The monoisotopic (exact) mass is 418 g/mol. The summed E-state index contributed by atoms with van der Waals surface area (Å²) in [5.74, 6) is -4.43. The Morgan fingerprint density at radius 1 is 0.929 bits per heavy atom. The van der Waals surface area contributed by atoms with Crippen molar-refractivity contribution in [2.24, 2.45) is 0 Å². The van der Waals surface area contributed by atoms with Crippen LogP contribution in [0.15, 0.2) is 43.0 Å². The van der Waals surface area contributed by atoms with Crippen LogP contribution in [0.4, 0.5) is 37.8 Å². The molecule has 28 heavy (non-hydrogen) atoms. The van der Waals surface area contributed by atoms with Crippen molar-refractivity contribution in [2.75, 3.05) is 11.4 Å². The zero-order valence-electron chi connectivity index (χ0n) is 13.7. The third-order valence-electron chi connectivity index (χ3n) is 3.61. The van der Waals surface area contributed by atoms with Crippen molar-refractivity contribution in [3.8, 4) is 11.1 Å². The average molecular weight is 419 g/mol. The number of alkyl halides is 3. The van der Waals surface area contributed by atoms with E-state index < -0.39 is 52.3 Å². The number of pyridine rings is 1. The first-order valence-electron chi connectivity index (χ1n) is 7.57. The average Bonchev–Trinajstić information content (AvgIpc) is 2.60. The molecule has 0 unspecified atom stereocenters. The molecule has 11 heteroatoms. The summed E-state index contributed by atoms with van der Waals surface area (Å²) in [7, 11) is 0. The summed E-state index contributed by atoms with van der Waals surface area (Å²) in [5, 5.41) is -0.504. The van der Waals surface area contributed by atoms with Crippen LogP contribution in [0.25, 0.3) is 11.1 Å². The maximum atomic E-state index is 14.3. The standard InChI is InChI=1S/C17H9ClF6N4/c18-15-14(13-11(20)5-9(19)6-12(13)21)16(27-8-26-15)28(7-17(22,23)24)10-1-3-25-4-2-10/h1-6,8H,7H2. The fourth-order valence-corrected chi connectivity index (χ4v) is 2.77. The number of nitrogens with zero attached hydrogens (tertiary/aromatic N) is 4. The third kappa shape index (κ3) is 4.16. The zero-order chi connectivity index (χ0) is 20.5. The lowest BCUT2D eigenvalue weighted by Crippen LogP contribution is -2.31. The summed E-state index contributed by atoms with van der Waals surface area (Å²) in [4.78, 5) is 11.7. The molecule has 2 heterocycles. The second-order valence-corrected chi connectivity index (χ2v) is 5.87. The number of hydrogen-bond donors (Lipinski definition) is 0. The van der Waals surface area contributed by atoms with Gasteiger partial charge in [0.05, 0.1) is 11.1 Å². The summed E-state index contributed by atoms with van der Waals surface area (Å²) in [5.41, 5.74) is -1.39. The maximum Gasteiger partial charge on any atom is 0.406 e. The lowest BCUT2D eigenvalue weighted by Gasteiger charge is -2.27. The van der Waals surface area contributed by atoms with E-state index in [9.17, 15) is 26.3 Å². The largest absolute Gasteiger partial charge is 0.406 e. The Hall–Kier alpha value is -2.88. The first-order valence-corrected chi connectivity index (χ1v) is 7.95. The van der Waals surface area contributed by atoms with E-state index in [-0.39, 0.29) is 5.69 Å². The van der Waals surface area contributed by atoms with Gasteiger partial charge in [-0.3, -0.25) is 4.98 Å². The maximum absolute atomic E-state index is 14.3. The van der Waals surface area contributed by atoms with Gasteiger partial charge in [-0.05, 0) is 12.1 Å². The van der Waals surface area contributed by atoms with E-state index in [0.717, 1.165) is 6.33 Å². The number of anilines is 2. The topological polar surface area (TPSA) is 41.9 Å². The Kier molecular flexibility index (Phi) is 5.41. The molecule has 0 amide bonds. The molecule has 0 saturated heterocycles. The molecule has 0 radical (unpaired) electrons. The van der Waals surface area contributed by atoms with E-state index in [2.05, 4.69) is 15.0 Å². The number of aromatic nitrogens is 3. The van der Waals surface area contributed by atoms with Gasteiger partial charge in [0.15, 0.2) is 0 Å². The van der Waals surface area contributed by atoms with E-state index in [1.807, 2.05) is 0 Å². The summed E-state index contributed by atoms with van der Waals surface area (Å²) < 4.78 is 81.5. The van der Waals surface area contributed by atoms with Gasteiger partial charge in [-0.1, -0.05) is 11.6 Å². The van der Waals surface area contributed by atoms with Crippen molar-refractivity contribution < 1.29 is 26.3 Å². The Balaban J connectivity index is 2.28.